The first-order valence-corrected chi connectivity index (χ1v) is 6.51. The van der Waals surface area contributed by atoms with E-state index in [-0.39, 0.29) is 0 Å². The molecule has 1 atom stereocenters. The van der Waals surface area contributed by atoms with Gasteiger partial charge in [0.05, 0.1) is 0 Å². The molecular weight excluding hydrogens is 411 g/mol. The molecule has 0 fully saturated rings. The molecular formula is C13H8F11NO2. The van der Waals surface area contributed by atoms with E-state index in [0.29, 0.717) is 5.56 Å². The molecule has 0 aliphatic carbocycles. The van der Waals surface area contributed by atoms with Crippen LogP contribution in [-0.4, -0.2) is 36.1 Å². The van der Waals surface area contributed by atoms with Crippen molar-refractivity contribution in [2.75, 3.05) is 5.32 Å². The Morgan fingerprint density at radius 3 is 1.63 bits per heavy atom. The lowest BCUT2D eigenvalue weighted by Crippen LogP contribution is -2.62. The van der Waals surface area contributed by atoms with Crippen molar-refractivity contribution in [3.8, 4) is 0 Å². The summed E-state index contributed by atoms with van der Waals surface area (Å²) in [4.78, 5) is 11.4. The summed E-state index contributed by atoms with van der Waals surface area (Å²) in [6, 6.07) is 4.12. The summed E-state index contributed by atoms with van der Waals surface area (Å²) in [5, 5.41) is 1.11. The van der Waals surface area contributed by atoms with Gasteiger partial charge in [-0.25, -0.2) is 0 Å². The lowest BCUT2D eigenvalue weighted by Gasteiger charge is -2.34. The van der Waals surface area contributed by atoms with Gasteiger partial charge in [-0.2, -0.15) is 48.3 Å². The number of benzene rings is 1. The van der Waals surface area contributed by atoms with Crippen LogP contribution in [0.25, 0.3) is 0 Å². The molecule has 0 aromatic heterocycles. The highest BCUT2D eigenvalue weighted by atomic mass is 19.4. The summed E-state index contributed by atoms with van der Waals surface area (Å²) in [5.74, 6) is -16.5. The molecule has 0 aliphatic rings. The van der Waals surface area contributed by atoms with E-state index >= 15 is 0 Å². The number of aryl methyl sites for hydroxylation is 1. The van der Waals surface area contributed by atoms with E-state index in [1.54, 1.807) is 0 Å². The van der Waals surface area contributed by atoms with Crippen molar-refractivity contribution in [2.24, 2.45) is 0 Å². The second-order valence-electron chi connectivity index (χ2n) is 5.10. The second-order valence-corrected chi connectivity index (χ2v) is 5.10. The molecule has 27 heavy (non-hydrogen) atoms. The zero-order chi connectivity index (χ0) is 21.5. The van der Waals surface area contributed by atoms with Gasteiger partial charge in [0.1, 0.15) is 0 Å². The average molecular weight is 419 g/mol. The third-order valence-electron chi connectivity index (χ3n) is 2.96. The van der Waals surface area contributed by atoms with Crippen LogP contribution in [0.2, 0.25) is 0 Å². The van der Waals surface area contributed by atoms with Gasteiger partial charge in [0, 0.05) is 5.69 Å². The van der Waals surface area contributed by atoms with Gasteiger partial charge in [0.2, 0.25) is 0 Å². The van der Waals surface area contributed by atoms with E-state index < -0.39 is 41.8 Å². The van der Waals surface area contributed by atoms with E-state index in [9.17, 15) is 53.1 Å². The maximum Gasteiger partial charge on any atom is 0.462 e. The third-order valence-corrected chi connectivity index (χ3v) is 2.96. The van der Waals surface area contributed by atoms with E-state index in [4.69, 9.17) is 0 Å². The van der Waals surface area contributed by atoms with Crippen molar-refractivity contribution >= 4 is 11.6 Å². The Kier molecular flexibility index (Phi) is 5.77. The molecule has 0 aliphatic heterocycles. The highest BCUT2D eigenvalue weighted by Crippen LogP contribution is 2.51. The number of ether oxygens (including phenoxy) is 1. The molecule has 0 radical (unpaired) electrons. The van der Waals surface area contributed by atoms with Crippen LogP contribution in [0, 0.1) is 6.92 Å². The Morgan fingerprint density at radius 1 is 0.815 bits per heavy atom. The molecule has 0 unspecified atom stereocenters. The minimum Gasteiger partial charge on any atom is -0.321 e. The molecule has 1 N–H and O–H groups in total. The average Bonchev–Trinajstić information content (AvgIpc) is 2.46. The number of carbonyl (C=O) groups excluding carboxylic acids is 1. The summed E-state index contributed by atoms with van der Waals surface area (Å²) in [6.45, 7) is 1.49. The second kappa shape index (κ2) is 6.80. The smallest absolute Gasteiger partial charge is 0.321 e. The Labute approximate surface area is 143 Å². The van der Waals surface area contributed by atoms with Crippen LogP contribution >= 0.6 is 0 Å². The van der Waals surface area contributed by atoms with Gasteiger partial charge in [0.15, 0.2) is 0 Å². The van der Waals surface area contributed by atoms with Gasteiger partial charge in [-0.1, -0.05) is 17.7 Å². The first kappa shape index (κ1) is 22.9. The van der Waals surface area contributed by atoms with Crippen molar-refractivity contribution in [1.29, 1.82) is 0 Å². The Hall–Kier alpha value is -2.12. The molecule has 1 rings (SSSR count). The maximum absolute atomic E-state index is 13.9. The van der Waals surface area contributed by atoms with Crippen LogP contribution in [0.3, 0.4) is 0 Å². The Bertz CT molecular complexity index is 681. The standard InChI is InChI=1S/C13H8F11NO2/c1-6-2-4-7(5-3-6)25-8(26)9(14,11(17,18)19)27-13(23,24)10(15,16)12(20,21)22/h2-5H,1H3,(H,25,26)/t9-/m0/s1. The Morgan fingerprint density at radius 2 is 1.26 bits per heavy atom. The van der Waals surface area contributed by atoms with Crippen molar-refractivity contribution in [2.45, 2.75) is 37.2 Å². The fourth-order valence-electron chi connectivity index (χ4n) is 1.49. The van der Waals surface area contributed by atoms with Gasteiger partial charge in [-0.15, -0.1) is 0 Å². The lowest BCUT2D eigenvalue weighted by molar-refractivity contribution is -0.472. The monoisotopic (exact) mass is 419 g/mol. The molecule has 0 saturated heterocycles. The molecule has 1 aromatic carbocycles. The van der Waals surface area contributed by atoms with Crippen molar-refractivity contribution in [3.63, 3.8) is 0 Å². The van der Waals surface area contributed by atoms with Gasteiger partial charge in [-0.3, -0.25) is 9.53 Å². The number of hydrogen-bond acceptors (Lipinski definition) is 2. The first-order chi connectivity index (χ1) is 11.8. The fourth-order valence-corrected chi connectivity index (χ4v) is 1.49. The van der Waals surface area contributed by atoms with Crippen molar-refractivity contribution in [3.05, 3.63) is 29.8 Å². The van der Waals surface area contributed by atoms with Crippen LogP contribution in [0.4, 0.5) is 54.0 Å². The number of amides is 1. The molecule has 0 saturated carbocycles. The predicted octanol–water partition coefficient (Wildman–Crippen LogP) is 4.97. The summed E-state index contributed by atoms with van der Waals surface area (Å²) >= 11 is 0. The van der Waals surface area contributed by atoms with Gasteiger partial charge < -0.3 is 5.32 Å². The normalized spacial score (nSPS) is 16.0. The van der Waals surface area contributed by atoms with Crippen LogP contribution in [-0.2, 0) is 9.53 Å². The fraction of sp³-hybridized carbons (Fsp3) is 0.462. The zero-order valence-electron chi connectivity index (χ0n) is 12.8. The minimum absolute atomic E-state index is 0.503. The molecule has 154 valence electrons. The van der Waals surface area contributed by atoms with Gasteiger partial charge in [0.25, 0.3) is 5.91 Å². The summed E-state index contributed by atoms with van der Waals surface area (Å²) < 4.78 is 142. The van der Waals surface area contributed by atoms with Gasteiger partial charge >= 0.3 is 30.2 Å². The van der Waals surface area contributed by atoms with Crippen molar-refractivity contribution < 1.29 is 57.8 Å². The summed E-state index contributed by atoms with van der Waals surface area (Å²) in [5.41, 5.74) is -0.102. The zero-order valence-corrected chi connectivity index (χ0v) is 12.8. The number of nitrogens with one attached hydrogen (secondary N) is 1. The molecule has 0 bridgehead atoms. The SMILES string of the molecule is Cc1ccc(NC(=O)[C@](F)(OC(F)(F)C(F)(F)C(F)(F)F)C(F)(F)F)cc1. The highest BCUT2D eigenvalue weighted by Gasteiger charge is 2.79. The minimum atomic E-state index is -7.23. The van der Waals surface area contributed by atoms with E-state index in [0.717, 1.165) is 17.4 Å². The molecule has 3 nitrogen and oxygen atoms in total. The highest BCUT2D eigenvalue weighted by molar-refractivity contribution is 5.96. The quantitative estimate of drug-likeness (QED) is 0.685. The maximum atomic E-state index is 13.9. The molecule has 0 heterocycles. The molecule has 1 aromatic rings. The van der Waals surface area contributed by atoms with Crippen LogP contribution < -0.4 is 5.32 Å². The van der Waals surface area contributed by atoms with E-state index in [2.05, 4.69) is 4.74 Å². The number of hydrogen-bond donors (Lipinski definition) is 1. The predicted molar refractivity (Wildman–Crippen MR) is 66.7 cm³/mol. The van der Waals surface area contributed by atoms with E-state index in [1.807, 2.05) is 0 Å². The van der Waals surface area contributed by atoms with Crippen molar-refractivity contribution in [1.82, 2.24) is 0 Å². The Balaban J connectivity index is 3.27. The molecule has 0 spiro atoms. The third kappa shape index (κ3) is 4.42. The largest absolute Gasteiger partial charge is 0.462 e. The summed E-state index contributed by atoms with van der Waals surface area (Å²) in [6.07, 6.45) is -20.9. The molecule has 1 amide bonds. The van der Waals surface area contributed by atoms with Gasteiger partial charge in [-0.05, 0) is 19.1 Å². The number of alkyl halides is 11. The van der Waals surface area contributed by atoms with Crippen LogP contribution in [0.5, 0.6) is 0 Å². The van der Waals surface area contributed by atoms with Crippen LogP contribution in [0.1, 0.15) is 5.56 Å². The van der Waals surface area contributed by atoms with E-state index in [1.165, 1.54) is 19.1 Å². The number of rotatable bonds is 5. The summed E-state index contributed by atoms with van der Waals surface area (Å²) in [7, 11) is 0. The first-order valence-electron chi connectivity index (χ1n) is 6.51. The lowest BCUT2D eigenvalue weighted by atomic mass is 10.2. The topological polar surface area (TPSA) is 38.3 Å². The number of carbonyl (C=O) groups is 1. The number of halogens is 11. The van der Waals surface area contributed by atoms with Crippen LogP contribution in [0.15, 0.2) is 24.3 Å². The number of anilines is 1. The molecule has 14 heteroatoms.